The van der Waals surface area contributed by atoms with Crippen LogP contribution in [-0.4, -0.2) is 41.2 Å². The Kier molecular flexibility index (Phi) is 4.98. The quantitative estimate of drug-likeness (QED) is 0.783. The summed E-state index contributed by atoms with van der Waals surface area (Å²) in [6, 6.07) is 0. The van der Waals surface area contributed by atoms with Crippen LogP contribution in [0.3, 0.4) is 0 Å². The highest BCUT2D eigenvalue weighted by Crippen LogP contribution is 2.21. The summed E-state index contributed by atoms with van der Waals surface area (Å²) < 4.78 is 61.7. The van der Waals surface area contributed by atoms with Crippen molar-refractivity contribution >= 4 is 21.7 Å². The third kappa shape index (κ3) is 6.41. The zero-order valence-corrected chi connectivity index (χ0v) is 10.9. The van der Waals surface area contributed by atoms with Gasteiger partial charge in [0.15, 0.2) is 0 Å². The standard InChI is InChI=1S/C9H12F3N3O4S/c10-9(11,12)2-1-3-20(18,19)14-7-4-13-15(5-7)6-8(16)17/h4-5,14H,1-3,6H2,(H,16,17). The van der Waals surface area contributed by atoms with Crippen LogP contribution in [0.5, 0.6) is 0 Å². The van der Waals surface area contributed by atoms with Gasteiger partial charge in [0.05, 0.1) is 17.6 Å². The first kappa shape index (κ1) is 16.3. The molecule has 0 aliphatic heterocycles. The molecule has 20 heavy (non-hydrogen) atoms. The van der Waals surface area contributed by atoms with Gasteiger partial charge in [0.25, 0.3) is 0 Å². The maximum absolute atomic E-state index is 11.9. The van der Waals surface area contributed by atoms with Crippen LogP contribution in [0, 0.1) is 0 Å². The van der Waals surface area contributed by atoms with Gasteiger partial charge in [-0.05, 0) is 6.42 Å². The number of carbonyl (C=O) groups is 1. The molecule has 0 fully saturated rings. The highest BCUT2D eigenvalue weighted by Gasteiger charge is 2.27. The van der Waals surface area contributed by atoms with Crippen LogP contribution in [0.1, 0.15) is 12.8 Å². The van der Waals surface area contributed by atoms with Gasteiger partial charge in [-0.2, -0.15) is 18.3 Å². The molecule has 2 N–H and O–H groups in total. The van der Waals surface area contributed by atoms with Crippen LogP contribution in [0.25, 0.3) is 0 Å². The molecule has 1 aromatic rings. The molecule has 0 spiro atoms. The fraction of sp³-hybridized carbons (Fsp3) is 0.556. The Morgan fingerprint density at radius 1 is 1.45 bits per heavy atom. The molecule has 1 rings (SSSR count). The summed E-state index contributed by atoms with van der Waals surface area (Å²) >= 11 is 0. The van der Waals surface area contributed by atoms with Gasteiger partial charge in [0.1, 0.15) is 6.54 Å². The minimum Gasteiger partial charge on any atom is -0.480 e. The van der Waals surface area contributed by atoms with E-state index in [1.807, 2.05) is 4.72 Å². The van der Waals surface area contributed by atoms with Crippen molar-refractivity contribution in [3.05, 3.63) is 12.4 Å². The van der Waals surface area contributed by atoms with E-state index in [2.05, 4.69) is 5.10 Å². The minimum atomic E-state index is -4.40. The summed E-state index contributed by atoms with van der Waals surface area (Å²) in [5.41, 5.74) is -0.00161. The summed E-state index contributed by atoms with van der Waals surface area (Å²) in [7, 11) is -3.92. The summed E-state index contributed by atoms with van der Waals surface area (Å²) in [5, 5.41) is 12.1. The van der Waals surface area contributed by atoms with E-state index in [-0.39, 0.29) is 5.69 Å². The number of hydrogen-bond donors (Lipinski definition) is 2. The van der Waals surface area contributed by atoms with E-state index < -0.39 is 47.3 Å². The number of hydrogen-bond acceptors (Lipinski definition) is 4. The highest BCUT2D eigenvalue weighted by atomic mass is 32.2. The van der Waals surface area contributed by atoms with Crippen LogP contribution < -0.4 is 4.72 Å². The number of sulfonamides is 1. The zero-order chi connectivity index (χ0) is 15.4. The number of halogens is 3. The average Bonchev–Trinajstić information content (AvgIpc) is 2.60. The van der Waals surface area contributed by atoms with E-state index in [1.165, 1.54) is 0 Å². The molecule has 0 atom stereocenters. The molecule has 1 aromatic heterocycles. The van der Waals surface area contributed by atoms with Gasteiger partial charge in [-0.15, -0.1) is 0 Å². The molecule has 0 aliphatic carbocycles. The van der Waals surface area contributed by atoms with Crippen molar-refractivity contribution in [3.63, 3.8) is 0 Å². The van der Waals surface area contributed by atoms with Crippen molar-refractivity contribution in [1.29, 1.82) is 0 Å². The van der Waals surface area contributed by atoms with E-state index in [4.69, 9.17) is 5.11 Å². The van der Waals surface area contributed by atoms with E-state index in [1.54, 1.807) is 0 Å². The van der Waals surface area contributed by atoms with Gasteiger partial charge in [0, 0.05) is 12.6 Å². The van der Waals surface area contributed by atoms with Crippen molar-refractivity contribution in [2.75, 3.05) is 10.5 Å². The van der Waals surface area contributed by atoms with Gasteiger partial charge in [-0.25, -0.2) is 8.42 Å². The molecule has 11 heteroatoms. The minimum absolute atomic E-state index is 0.00161. The summed E-state index contributed by atoms with van der Waals surface area (Å²) in [4.78, 5) is 10.4. The van der Waals surface area contributed by atoms with Crippen molar-refractivity contribution in [2.24, 2.45) is 0 Å². The highest BCUT2D eigenvalue weighted by molar-refractivity contribution is 7.92. The van der Waals surface area contributed by atoms with Gasteiger partial charge in [0.2, 0.25) is 10.0 Å². The first-order chi connectivity index (χ1) is 9.07. The SMILES string of the molecule is O=C(O)Cn1cc(NS(=O)(=O)CCCC(F)(F)F)cn1. The van der Waals surface area contributed by atoms with Gasteiger partial charge in [-0.1, -0.05) is 0 Å². The Morgan fingerprint density at radius 3 is 2.65 bits per heavy atom. The van der Waals surface area contributed by atoms with Crippen LogP contribution in [-0.2, 0) is 21.4 Å². The van der Waals surface area contributed by atoms with Crippen molar-refractivity contribution in [2.45, 2.75) is 25.6 Å². The van der Waals surface area contributed by atoms with Crippen LogP contribution in [0.15, 0.2) is 12.4 Å². The number of rotatable bonds is 7. The first-order valence-corrected chi connectivity index (χ1v) is 7.04. The Morgan fingerprint density at radius 2 is 2.10 bits per heavy atom. The summed E-state index contributed by atoms with van der Waals surface area (Å²) in [6.45, 7) is -0.449. The predicted octanol–water partition coefficient (Wildman–Crippen LogP) is 1.05. The van der Waals surface area contributed by atoms with Crippen molar-refractivity contribution in [3.8, 4) is 0 Å². The smallest absolute Gasteiger partial charge is 0.389 e. The topological polar surface area (TPSA) is 101 Å². The fourth-order valence-electron chi connectivity index (χ4n) is 1.33. The zero-order valence-electron chi connectivity index (χ0n) is 10.1. The number of alkyl halides is 3. The lowest BCUT2D eigenvalue weighted by Gasteiger charge is -2.07. The number of aliphatic carboxylic acids is 1. The van der Waals surface area contributed by atoms with E-state index in [0.29, 0.717) is 0 Å². The normalized spacial score (nSPS) is 12.3. The molecule has 0 bridgehead atoms. The lowest BCUT2D eigenvalue weighted by Crippen LogP contribution is -2.18. The van der Waals surface area contributed by atoms with Gasteiger partial charge >= 0.3 is 12.1 Å². The average molecular weight is 315 g/mol. The molecule has 0 amide bonds. The second-order valence-electron chi connectivity index (χ2n) is 3.96. The van der Waals surface area contributed by atoms with Gasteiger partial charge < -0.3 is 5.11 Å². The molecule has 0 saturated carbocycles. The number of aromatic nitrogens is 2. The molecule has 0 saturated heterocycles. The lowest BCUT2D eigenvalue weighted by atomic mass is 10.3. The molecular formula is C9H12F3N3O4S. The number of anilines is 1. The first-order valence-electron chi connectivity index (χ1n) is 5.39. The second kappa shape index (κ2) is 6.11. The predicted molar refractivity (Wildman–Crippen MR) is 62.6 cm³/mol. The maximum Gasteiger partial charge on any atom is 0.389 e. The van der Waals surface area contributed by atoms with E-state index in [0.717, 1.165) is 17.1 Å². The Balaban J connectivity index is 2.53. The van der Waals surface area contributed by atoms with Crippen molar-refractivity contribution < 1.29 is 31.5 Å². The van der Waals surface area contributed by atoms with E-state index >= 15 is 0 Å². The number of nitrogens with one attached hydrogen (secondary N) is 1. The van der Waals surface area contributed by atoms with Crippen LogP contribution >= 0.6 is 0 Å². The molecule has 0 radical (unpaired) electrons. The monoisotopic (exact) mass is 315 g/mol. The largest absolute Gasteiger partial charge is 0.480 e. The van der Waals surface area contributed by atoms with Crippen molar-refractivity contribution in [1.82, 2.24) is 9.78 Å². The molecular weight excluding hydrogens is 303 g/mol. The Labute approximate surface area is 112 Å². The summed E-state index contributed by atoms with van der Waals surface area (Å²) in [5.74, 6) is -1.84. The summed E-state index contributed by atoms with van der Waals surface area (Å²) in [6.07, 6.45) is -3.93. The third-order valence-electron chi connectivity index (χ3n) is 2.08. The van der Waals surface area contributed by atoms with Gasteiger partial charge in [-0.3, -0.25) is 14.2 Å². The number of carboxylic acid groups (broad SMARTS) is 1. The van der Waals surface area contributed by atoms with E-state index in [9.17, 15) is 26.4 Å². The Bertz CT molecular complexity index is 567. The fourth-order valence-corrected chi connectivity index (χ4v) is 2.43. The molecule has 7 nitrogen and oxygen atoms in total. The molecule has 1 heterocycles. The molecule has 0 aromatic carbocycles. The second-order valence-corrected chi connectivity index (χ2v) is 5.80. The number of nitrogens with zero attached hydrogens (tertiary/aromatic N) is 2. The lowest BCUT2D eigenvalue weighted by molar-refractivity contribution is -0.138. The third-order valence-corrected chi connectivity index (χ3v) is 3.45. The molecule has 0 unspecified atom stereocenters. The molecule has 0 aliphatic rings. The Hall–Kier alpha value is -1.78. The number of carboxylic acids is 1. The maximum atomic E-state index is 11.9. The van der Waals surface area contributed by atoms with Crippen LogP contribution in [0.4, 0.5) is 18.9 Å². The van der Waals surface area contributed by atoms with Crippen LogP contribution in [0.2, 0.25) is 0 Å². The molecule has 114 valence electrons.